The third kappa shape index (κ3) is 6.06. The second-order valence-corrected chi connectivity index (χ2v) is 11.9. The van der Waals surface area contributed by atoms with E-state index in [4.69, 9.17) is 4.52 Å². The lowest BCUT2D eigenvalue weighted by Gasteiger charge is -2.23. The van der Waals surface area contributed by atoms with Gasteiger partial charge in [0.2, 0.25) is 0 Å². The largest absolute Gasteiger partial charge is 0.437 e. The Balaban J connectivity index is 0.00000272. The zero-order valence-electron chi connectivity index (χ0n) is 17.9. The van der Waals surface area contributed by atoms with Crippen molar-refractivity contribution in [1.29, 1.82) is 0 Å². The zero-order valence-corrected chi connectivity index (χ0v) is 20.4. The molecule has 0 saturated heterocycles. The summed E-state index contributed by atoms with van der Waals surface area (Å²) >= 11 is 0. The van der Waals surface area contributed by atoms with Gasteiger partial charge in [-0.3, -0.25) is 13.7 Å². The zero-order chi connectivity index (χ0) is 23.0. The lowest BCUT2D eigenvalue weighted by atomic mass is 10.2. The Kier molecular flexibility index (Phi) is 8.75. The molecule has 1 unspecified atom stereocenters. The van der Waals surface area contributed by atoms with E-state index >= 15 is 0 Å². The van der Waals surface area contributed by atoms with E-state index in [9.17, 15) is 30.5 Å². The Morgan fingerprint density at radius 1 is 0.727 bits per heavy atom. The van der Waals surface area contributed by atoms with E-state index in [1.807, 2.05) is 0 Å². The minimum absolute atomic E-state index is 0. The van der Waals surface area contributed by atoms with Crippen LogP contribution in [-0.4, -0.2) is 25.9 Å². The molecule has 0 bridgehead atoms. The second kappa shape index (κ2) is 10.1. The molecule has 0 aliphatic rings. The summed E-state index contributed by atoms with van der Waals surface area (Å²) in [5, 5.41) is 0.243. The van der Waals surface area contributed by atoms with Crippen molar-refractivity contribution in [2.75, 3.05) is 0 Å². The maximum absolute atomic E-state index is 14.3. The smallest absolute Gasteiger partial charge is 0.307 e. The third-order valence-electron chi connectivity index (χ3n) is 4.58. The van der Waals surface area contributed by atoms with E-state index in [0.717, 1.165) is 12.1 Å². The molecule has 10 nitrogen and oxygen atoms in total. The molecule has 0 heterocycles. The van der Waals surface area contributed by atoms with Gasteiger partial charge in [0.15, 0.2) is 0 Å². The van der Waals surface area contributed by atoms with E-state index < -0.39 is 37.4 Å². The molecule has 0 aliphatic heterocycles. The van der Waals surface area contributed by atoms with E-state index in [1.54, 1.807) is 32.0 Å². The number of hydrogen-bond acceptors (Lipinski definition) is 8. The Morgan fingerprint density at radius 3 is 1.73 bits per heavy atom. The van der Waals surface area contributed by atoms with Crippen LogP contribution in [0, 0.1) is 13.8 Å². The van der Waals surface area contributed by atoms with Crippen LogP contribution in [0.2, 0.25) is 0 Å². The van der Waals surface area contributed by atoms with E-state index in [1.165, 1.54) is 36.4 Å². The summed E-state index contributed by atoms with van der Waals surface area (Å²) in [4.78, 5) is -0.910. The molecule has 3 aromatic rings. The van der Waals surface area contributed by atoms with Crippen molar-refractivity contribution in [3.05, 3.63) is 77.9 Å². The first-order valence-corrected chi connectivity index (χ1v) is 13.3. The molecule has 0 aliphatic carbocycles. The molecule has 0 saturated carbocycles. The van der Waals surface area contributed by atoms with Gasteiger partial charge in [0.05, 0.1) is 20.4 Å². The van der Waals surface area contributed by atoms with Crippen LogP contribution in [0.5, 0.6) is 5.75 Å². The van der Waals surface area contributed by atoms with Gasteiger partial charge in [-0.15, -0.1) is 0 Å². The average molecular weight is 517 g/mol. The summed E-state index contributed by atoms with van der Waals surface area (Å²) in [6.07, 6.45) is 0. The molecular formula is C20H25N2O8PS2. The highest BCUT2D eigenvalue weighted by Crippen LogP contribution is 2.47. The van der Waals surface area contributed by atoms with Crippen molar-refractivity contribution in [3.8, 4) is 5.75 Å². The highest BCUT2D eigenvalue weighted by Gasteiger charge is 2.34. The van der Waals surface area contributed by atoms with E-state index in [0.29, 0.717) is 11.1 Å². The summed E-state index contributed by atoms with van der Waals surface area (Å²) in [6, 6.07) is 15.2. The van der Waals surface area contributed by atoms with Crippen molar-refractivity contribution >= 4 is 38.2 Å². The van der Waals surface area contributed by atoms with Gasteiger partial charge in [-0.2, -0.15) is 16.8 Å². The molecule has 0 spiro atoms. The second-order valence-electron chi connectivity index (χ2n) is 6.80. The third-order valence-corrected chi connectivity index (χ3v) is 8.82. The van der Waals surface area contributed by atoms with Crippen molar-refractivity contribution in [1.82, 2.24) is 12.3 Å². The van der Waals surface area contributed by atoms with Gasteiger partial charge in [0.1, 0.15) is 5.75 Å². The minimum atomic E-state index is -4.58. The monoisotopic (exact) mass is 516 g/mol. The summed E-state index contributed by atoms with van der Waals surface area (Å²) in [7, 11) is -13.2. The van der Waals surface area contributed by atoms with Crippen LogP contribution < -0.4 is 27.4 Å². The van der Waals surface area contributed by atoms with Gasteiger partial charge >= 0.3 is 7.37 Å². The quantitative estimate of drug-likeness (QED) is 0.277. The minimum Gasteiger partial charge on any atom is -0.437 e. The lowest BCUT2D eigenvalue weighted by molar-refractivity contribution is 0.478. The fourth-order valence-corrected chi connectivity index (χ4v) is 6.37. The number of aryl methyl sites for hydroxylation is 2. The number of hydrogen-bond donors (Lipinski definition) is 4. The Hall–Kier alpha value is -2.57. The number of benzene rings is 3. The Morgan fingerprint density at radius 2 is 1.21 bits per heavy atom. The topological polar surface area (TPSA) is 205 Å². The predicted molar refractivity (Wildman–Crippen MR) is 126 cm³/mol. The SMILES string of the molecule is Cc1ccc(S(=O)(=O)O)cc1OP(=O)(c1ccccc1)c1cc(S(=O)(=O)O)ccc1C.N.N. The van der Waals surface area contributed by atoms with Gasteiger partial charge in [0.25, 0.3) is 20.2 Å². The molecule has 0 aromatic heterocycles. The van der Waals surface area contributed by atoms with Crippen LogP contribution in [0.25, 0.3) is 0 Å². The normalized spacial score (nSPS) is 13.2. The maximum atomic E-state index is 14.3. The molecule has 0 radical (unpaired) electrons. The molecule has 8 N–H and O–H groups in total. The first kappa shape index (κ1) is 28.5. The molecule has 13 heteroatoms. The van der Waals surface area contributed by atoms with Gasteiger partial charge in [-0.1, -0.05) is 30.3 Å². The van der Waals surface area contributed by atoms with Gasteiger partial charge in [-0.05, 0) is 55.3 Å². The van der Waals surface area contributed by atoms with Crippen LogP contribution in [-0.2, 0) is 24.8 Å². The molecule has 0 fully saturated rings. The maximum Gasteiger partial charge on any atom is 0.307 e. The fraction of sp³-hybridized carbons (Fsp3) is 0.100. The van der Waals surface area contributed by atoms with E-state index in [-0.39, 0.29) is 28.7 Å². The van der Waals surface area contributed by atoms with Crippen molar-refractivity contribution < 1.29 is 35.0 Å². The van der Waals surface area contributed by atoms with Crippen molar-refractivity contribution in [2.45, 2.75) is 23.6 Å². The Bertz CT molecular complexity index is 1410. The summed E-state index contributed by atoms with van der Waals surface area (Å²) < 4.78 is 85.4. The van der Waals surface area contributed by atoms with E-state index in [2.05, 4.69) is 0 Å². The first-order chi connectivity index (χ1) is 14.3. The summed E-state index contributed by atoms with van der Waals surface area (Å²) in [5.74, 6) is -0.0704. The number of rotatable bonds is 6. The molecule has 180 valence electrons. The van der Waals surface area contributed by atoms with Crippen molar-refractivity contribution in [2.24, 2.45) is 0 Å². The summed E-state index contributed by atoms with van der Waals surface area (Å²) in [6.45, 7) is 3.20. The molecule has 1 atom stereocenters. The first-order valence-electron chi connectivity index (χ1n) is 8.84. The average Bonchev–Trinajstić information content (AvgIpc) is 2.68. The van der Waals surface area contributed by atoms with Crippen LogP contribution >= 0.6 is 7.37 Å². The Labute approximate surface area is 192 Å². The molecular weight excluding hydrogens is 491 g/mol. The predicted octanol–water partition coefficient (Wildman–Crippen LogP) is 3.43. The van der Waals surface area contributed by atoms with Crippen molar-refractivity contribution in [3.63, 3.8) is 0 Å². The highest BCUT2D eigenvalue weighted by atomic mass is 32.2. The molecule has 0 amide bonds. The molecule has 33 heavy (non-hydrogen) atoms. The van der Waals surface area contributed by atoms with Gasteiger partial charge in [-0.25, -0.2) is 0 Å². The molecule has 3 aromatic carbocycles. The lowest BCUT2D eigenvalue weighted by Crippen LogP contribution is -2.23. The van der Waals surface area contributed by atoms with Gasteiger partial charge in [0, 0.05) is 6.07 Å². The highest BCUT2D eigenvalue weighted by molar-refractivity contribution is 7.86. The van der Waals surface area contributed by atoms with Crippen LogP contribution in [0.1, 0.15) is 11.1 Å². The van der Waals surface area contributed by atoms with Gasteiger partial charge < -0.3 is 16.8 Å². The fourth-order valence-electron chi connectivity index (χ4n) is 2.91. The molecule has 3 rings (SSSR count). The van der Waals surface area contributed by atoms with Crippen LogP contribution in [0.4, 0.5) is 0 Å². The standard InChI is InChI=1S/C20H19O8PS2.2H3N/c1-14-8-10-17(30(22,23)24)12-19(14)28-29(21,16-6-4-3-5-7-16)20-13-18(31(25,26)27)11-9-15(20)2;;/h3-13H,1-2H3,(H,22,23,24)(H,25,26,27);2*1H3. The van der Waals surface area contributed by atoms with Crippen LogP contribution in [0.15, 0.2) is 76.5 Å². The van der Waals surface area contributed by atoms with Crippen LogP contribution in [0.3, 0.4) is 0 Å². The summed E-state index contributed by atoms with van der Waals surface area (Å²) in [5.41, 5.74) is 0.871.